The number of methoxy groups -OCH3 is 2. The minimum Gasteiger partial charge on any atom is -0.495 e. The molecule has 8 heteroatoms. The summed E-state index contributed by atoms with van der Waals surface area (Å²) in [6.45, 7) is 0. The van der Waals surface area contributed by atoms with Crippen LogP contribution in [0.4, 0.5) is 17.1 Å². The van der Waals surface area contributed by atoms with Crippen molar-refractivity contribution in [3.05, 3.63) is 102 Å². The van der Waals surface area contributed by atoms with Crippen LogP contribution in [0.5, 0.6) is 11.5 Å². The van der Waals surface area contributed by atoms with Crippen molar-refractivity contribution in [1.29, 1.82) is 0 Å². The molecule has 0 radical (unpaired) electrons. The van der Waals surface area contributed by atoms with Crippen LogP contribution in [0.3, 0.4) is 0 Å². The van der Waals surface area contributed by atoms with Gasteiger partial charge in [-0.05, 0) is 59.7 Å². The molecule has 0 saturated heterocycles. The van der Waals surface area contributed by atoms with Crippen molar-refractivity contribution in [1.82, 2.24) is 0 Å². The number of nitrogens with one attached hydrogen (secondary N) is 3. The van der Waals surface area contributed by atoms with Crippen LogP contribution in [0.2, 0.25) is 5.02 Å². The maximum atomic E-state index is 13.0. The molecule has 1 amide bonds. The quantitative estimate of drug-likeness (QED) is 0.227. The first-order chi connectivity index (χ1) is 17.5. The molecule has 0 fully saturated rings. The average Bonchev–Trinajstić information content (AvgIpc) is 2.90. The molecule has 0 aliphatic heterocycles. The summed E-state index contributed by atoms with van der Waals surface area (Å²) >= 11 is 11.7. The van der Waals surface area contributed by atoms with Gasteiger partial charge in [-0.25, -0.2) is 0 Å². The molecule has 0 aliphatic carbocycles. The lowest BCUT2D eigenvalue weighted by Gasteiger charge is -2.15. The lowest BCUT2D eigenvalue weighted by molar-refractivity contribution is 0.102. The topological polar surface area (TPSA) is 71.6 Å². The monoisotopic (exact) mass is 517 g/mol. The van der Waals surface area contributed by atoms with E-state index in [1.54, 1.807) is 31.4 Å². The van der Waals surface area contributed by atoms with Gasteiger partial charge in [-0.3, -0.25) is 4.79 Å². The lowest BCUT2D eigenvalue weighted by atomic mass is 9.99. The Morgan fingerprint density at radius 3 is 2.03 bits per heavy atom. The number of anilines is 3. The summed E-state index contributed by atoms with van der Waals surface area (Å²) in [5, 5.41) is 9.93. The SMILES string of the molecule is COc1cc(OC)c(NC(=S)Nc2ccc(NC(=O)c3ccccc3-c3ccccc3)cc2)cc1Cl. The Morgan fingerprint density at radius 2 is 1.36 bits per heavy atom. The number of carbonyl (C=O) groups is 1. The first-order valence-electron chi connectivity index (χ1n) is 11.0. The number of benzene rings is 4. The van der Waals surface area contributed by atoms with Crippen molar-refractivity contribution in [2.24, 2.45) is 0 Å². The summed E-state index contributed by atoms with van der Waals surface area (Å²) < 4.78 is 10.6. The van der Waals surface area contributed by atoms with Crippen LogP contribution >= 0.6 is 23.8 Å². The van der Waals surface area contributed by atoms with E-state index in [2.05, 4.69) is 16.0 Å². The Labute approximate surface area is 220 Å². The molecule has 36 heavy (non-hydrogen) atoms. The number of amides is 1. The molecule has 0 atom stereocenters. The highest BCUT2D eigenvalue weighted by atomic mass is 35.5. The standard InChI is InChI=1S/C28H24ClN3O3S/c1-34-25-17-26(35-2)24(16-23(25)29)32-28(36)31-20-14-12-19(13-15-20)30-27(33)22-11-7-6-10-21(22)18-8-4-3-5-9-18/h3-17H,1-2H3,(H,30,33)(H2,31,32,36). The van der Waals surface area contributed by atoms with Crippen LogP contribution < -0.4 is 25.4 Å². The smallest absolute Gasteiger partial charge is 0.256 e. The molecule has 0 spiro atoms. The normalized spacial score (nSPS) is 10.3. The van der Waals surface area contributed by atoms with Crippen LogP contribution in [0.15, 0.2) is 91.0 Å². The Balaban J connectivity index is 1.42. The Bertz CT molecular complexity index is 1380. The summed E-state index contributed by atoms with van der Waals surface area (Å²) in [4.78, 5) is 13.0. The van der Waals surface area contributed by atoms with Gasteiger partial charge < -0.3 is 25.4 Å². The van der Waals surface area contributed by atoms with Crippen LogP contribution in [-0.4, -0.2) is 25.2 Å². The molecule has 6 nitrogen and oxygen atoms in total. The van der Waals surface area contributed by atoms with Crippen LogP contribution in [0, 0.1) is 0 Å². The number of ether oxygens (including phenoxy) is 2. The Morgan fingerprint density at radius 1 is 0.750 bits per heavy atom. The van der Waals surface area contributed by atoms with Crippen molar-refractivity contribution < 1.29 is 14.3 Å². The van der Waals surface area contributed by atoms with E-state index in [0.717, 1.165) is 16.8 Å². The minimum atomic E-state index is -0.184. The van der Waals surface area contributed by atoms with Gasteiger partial charge in [0.15, 0.2) is 5.11 Å². The highest BCUT2D eigenvalue weighted by Gasteiger charge is 2.13. The van der Waals surface area contributed by atoms with Crippen LogP contribution in [0.25, 0.3) is 11.1 Å². The first-order valence-corrected chi connectivity index (χ1v) is 11.8. The van der Waals surface area contributed by atoms with Crippen molar-refractivity contribution in [2.75, 3.05) is 30.2 Å². The molecule has 0 aliphatic rings. The summed E-state index contributed by atoms with van der Waals surface area (Å²) in [5.74, 6) is 0.854. The molecular weight excluding hydrogens is 494 g/mol. The van der Waals surface area contributed by atoms with E-state index in [0.29, 0.717) is 38.6 Å². The zero-order valence-corrected chi connectivity index (χ0v) is 21.2. The number of thiocarbonyl (C=S) groups is 1. The van der Waals surface area contributed by atoms with Gasteiger partial charge in [0, 0.05) is 23.0 Å². The number of carbonyl (C=O) groups excluding carboxylic acids is 1. The van der Waals surface area contributed by atoms with Crippen LogP contribution in [0.1, 0.15) is 10.4 Å². The second kappa shape index (κ2) is 11.6. The third-order valence-electron chi connectivity index (χ3n) is 5.38. The van der Waals surface area contributed by atoms with Crippen LogP contribution in [-0.2, 0) is 0 Å². The molecule has 4 rings (SSSR count). The van der Waals surface area contributed by atoms with E-state index in [9.17, 15) is 4.79 Å². The van der Waals surface area contributed by atoms with Gasteiger partial charge in [-0.2, -0.15) is 0 Å². The van der Waals surface area contributed by atoms with E-state index in [1.807, 2.05) is 66.7 Å². The van der Waals surface area contributed by atoms with Gasteiger partial charge in [-0.1, -0.05) is 60.1 Å². The molecule has 0 heterocycles. The Hall–Kier alpha value is -4.07. The first kappa shape index (κ1) is 25.0. The number of hydrogen-bond donors (Lipinski definition) is 3. The zero-order valence-electron chi connectivity index (χ0n) is 19.7. The van der Waals surface area contributed by atoms with Gasteiger partial charge in [0.05, 0.1) is 24.9 Å². The molecule has 0 bridgehead atoms. The summed E-state index contributed by atoms with van der Waals surface area (Å²) in [5.41, 5.74) is 4.47. The molecule has 0 aromatic heterocycles. The summed E-state index contributed by atoms with van der Waals surface area (Å²) in [6, 6.07) is 28.0. The van der Waals surface area contributed by atoms with E-state index >= 15 is 0 Å². The summed E-state index contributed by atoms with van der Waals surface area (Å²) in [7, 11) is 3.09. The highest BCUT2D eigenvalue weighted by molar-refractivity contribution is 7.80. The van der Waals surface area contributed by atoms with Gasteiger partial charge >= 0.3 is 0 Å². The molecule has 4 aromatic carbocycles. The minimum absolute atomic E-state index is 0.184. The summed E-state index contributed by atoms with van der Waals surface area (Å²) in [6.07, 6.45) is 0. The van der Waals surface area contributed by atoms with Crippen molar-refractivity contribution in [2.45, 2.75) is 0 Å². The number of rotatable bonds is 7. The maximum Gasteiger partial charge on any atom is 0.256 e. The maximum absolute atomic E-state index is 13.0. The lowest BCUT2D eigenvalue weighted by Crippen LogP contribution is -2.19. The van der Waals surface area contributed by atoms with E-state index in [-0.39, 0.29) is 5.91 Å². The van der Waals surface area contributed by atoms with Crippen molar-refractivity contribution in [3.63, 3.8) is 0 Å². The number of hydrogen-bond acceptors (Lipinski definition) is 4. The fourth-order valence-corrected chi connectivity index (χ4v) is 4.10. The zero-order chi connectivity index (χ0) is 25.5. The molecule has 0 unspecified atom stereocenters. The van der Waals surface area contributed by atoms with Crippen molar-refractivity contribution in [3.8, 4) is 22.6 Å². The molecule has 4 aromatic rings. The van der Waals surface area contributed by atoms with E-state index in [4.69, 9.17) is 33.3 Å². The van der Waals surface area contributed by atoms with Crippen molar-refractivity contribution >= 4 is 51.9 Å². The Kier molecular flexibility index (Phi) is 8.05. The van der Waals surface area contributed by atoms with Gasteiger partial charge in [0.1, 0.15) is 11.5 Å². The van der Waals surface area contributed by atoms with Gasteiger partial charge in [0.2, 0.25) is 0 Å². The average molecular weight is 518 g/mol. The van der Waals surface area contributed by atoms with E-state index in [1.165, 1.54) is 7.11 Å². The highest BCUT2D eigenvalue weighted by Crippen LogP contribution is 2.36. The fourth-order valence-electron chi connectivity index (χ4n) is 3.63. The predicted molar refractivity (Wildman–Crippen MR) is 151 cm³/mol. The second-order valence-corrected chi connectivity index (χ2v) is 8.52. The third-order valence-corrected chi connectivity index (χ3v) is 5.88. The molecule has 182 valence electrons. The van der Waals surface area contributed by atoms with Gasteiger partial charge in [0.25, 0.3) is 5.91 Å². The third kappa shape index (κ3) is 5.94. The number of halogens is 1. The fraction of sp³-hybridized carbons (Fsp3) is 0.0714. The largest absolute Gasteiger partial charge is 0.495 e. The molecular formula is C28H24ClN3O3S. The molecule has 3 N–H and O–H groups in total. The van der Waals surface area contributed by atoms with E-state index < -0.39 is 0 Å². The predicted octanol–water partition coefficient (Wildman–Crippen LogP) is 7.09. The second-order valence-electron chi connectivity index (χ2n) is 7.71. The molecule has 0 saturated carbocycles. The van der Waals surface area contributed by atoms with Gasteiger partial charge in [-0.15, -0.1) is 0 Å².